The second kappa shape index (κ2) is 14.5. The lowest BCUT2D eigenvalue weighted by Gasteiger charge is -2.38. The highest BCUT2D eigenvalue weighted by Crippen LogP contribution is 2.30. The lowest BCUT2D eigenvalue weighted by Crippen LogP contribution is -2.45. The number of hydrogen-bond donors (Lipinski definition) is 0. The summed E-state index contributed by atoms with van der Waals surface area (Å²) in [4.78, 5) is 2.06. The van der Waals surface area contributed by atoms with Crippen LogP contribution in [0.3, 0.4) is 0 Å². The van der Waals surface area contributed by atoms with Gasteiger partial charge < -0.3 is 4.90 Å². The van der Waals surface area contributed by atoms with E-state index in [1.165, 1.54) is 28.7 Å². The molecule has 0 atom stereocenters. The van der Waals surface area contributed by atoms with Crippen molar-refractivity contribution in [1.29, 1.82) is 0 Å². The van der Waals surface area contributed by atoms with Gasteiger partial charge in [0.25, 0.3) is 0 Å². The molecule has 4 radical (unpaired) electrons. The quantitative estimate of drug-likeness (QED) is 0.255. The summed E-state index contributed by atoms with van der Waals surface area (Å²) in [6.07, 6.45) is 6.80. The van der Waals surface area contributed by atoms with Crippen molar-refractivity contribution < 1.29 is 0 Å². The lowest BCUT2D eigenvalue weighted by atomic mass is 9.56. The molecule has 0 spiro atoms. The Hall–Kier alpha value is -2.25. The monoisotopic (exact) mass is 477 g/mol. The molecule has 188 valence electrons. The molecule has 0 aliphatic rings. The molecule has 1 nitrogen and oxygen atoms in total. The molecule has 0 bridgehead atoms. The molecule has 0 amide bonds. The molecule has 0 aliphatic heterocycles. The van der Waals surface area contributed by atoms with Gasteiger partial charge in [-0.05, 0) is 66.0 Å². The average molecular weight is 477 g/mol. The predicted molar refractivity (Wildman–Crippen MR) is 160 cm³/mol. The molecule has 0 saturated carbocycles. The molecule has 3 rings (SSSR count). The largest absolute Gasteiger partial charge is 0.314 e. The molecule has 0 N–H and O–H groups in total. The maximum absolute atomic E-state index is 6.42. The maximum atomic E-state index is 6.42. The molecule has 0 fully saturated rings. The van der Waals surface area contributed by atoms with E-state index in [9.17, 15) is 0 Å². The standard InChI is InChI=1S/C18H29B2N.C15H16/c1-5-8-13-21(4)18(19,20)17-12-11-15(9-6-2)16(14-17)10-7-3;1-15(2,13-9-5-3-6-10-13)14-11-7-4-8-12-14/h11-12,14H,5-10,13H2,1-4H3;3-12H,1-2H3. The maximum Gasteiger partial charge on any atom is 0.0887 e. The number of hydrogen-bond acceptors (Lipinski definition) is 1. The minimum absolute atomic E-state index is 0.0858. The van der Waals surface area contributed by atoms with Gasteiger partial charge in [0.2, 0.25) is 0 Å². The topological polar surface area (TPSA) is 3.24 Å². The fourth-order valence-corrected chi connectivity index (χ4v) is 4.57. The second-order valence-corrected chi connectivity index (χ2v) is 10.4. The van der Waals surface area contributed by atoms with Gasteiger partial charge in [0.1, 0.15) is 0 Å². The van der Waals surface area contributed by atoms with E-state index in [1.807, 2.05) is 7.05 Å². The Bertz CT molecular complexity index is 971. The smallest absolute Gasteiger partial charge is 0.0887 e. The van der Waals surface area contributed by atoms with Crippen LogP contribution in [-0.2, 0) is 23.6 Å². The molecular weight excluding hydrogens is 432 g/mol. The lowest BCUT2D eigenvalue weighted by molar-refractivity contribution is 0.272. The Labute approximate surface area is 224 Å². The van der Waals surface area contributed by atoms with Crippen LogP contribution in [0.5, 0.6) is 0 Å². The molecule has 0 aliphatic carbocycles. The molecule has 0 unspecified atom stereocenters. The van der Waals surface area contributed by atoms with Crippen molar-refractivity contribution in [2.24, 2.45) is 0 Å². The Morgan fingerprint density at radius 2 is 1.14 bits per heavy atom. The minimum Gasteiger partial charge on any atom is -0.314 e. The Balaban J connectivity index is 0.000000267. The van der Waals surface area contributed by atoms with Crippen LogP contribution in [0.4, 0.5) is 0 Å². The van der Waals surface area contributed by atoms with Crippen LogP contribution >= 0.6 is 0 Å². The fraction of sp³-hybridized carbons (Fsp3) is 0.455. The van der Waals surface area contributed by atoms with E-state index < -0.39 is 5.34 Å². The first-order chi connectivity index (χ1) is 17.2. The van der Waals surface area contributed by atoms with Crippen molar-refractivity contribution in [3.8, 4) is 0 Å². The zero-order chi connectivity index (χ0) is 26.6. The summed E-state index contributed by atoms with van der Waals surface area (Å²) in [6, 6.07) is 27.8. The van der Waals surface area contributed by atoms with E-state index in [-0.39, 0.29) is 5.41 Å². The van der Waals surface area contributed by atoms with Crippen molar-refractivity contribution in [2.45, 2.75) is 83.9 Å². The molecular formula is C33H45B2N. The van der Waals surface area contributed by atoms with Gasteiger partial charge in [0.15, 0.2) is 0 Å². The molecule has 3 aromatic carbocycles. The van der Waals surface area contributed by atoms with Gasteiger partial charge in [-0.2, -0.15) is 0 Å². The predicted octanol–water partition coefficient (Wildman–Crippen LogP) is 7.78. The summed E-state index contributed by atoms with van der Waals surface area (Å²) >= 11 is 0. The van der Waals surface area contributed by atoms with Crippen LogP contribution < -0.4 is 0 Å². The molecule has 0 saturated heterocycles. The van der Waals surface area contributed by atoms with Gasteiger partial charge in [0.05, 0.1) is 15.7 Å². The summed E-state index contributed by atoms with van der Waals surface area (Å²) in [5, 5.41) is -0.887. The summed E-state index contributed by atoms with van der Waals surface area (Å²) in [5.41, 5.74) is 6.66. The third-order valence-electron chi connectivity index (χ3n) is 7.18. The normalized spacial score (nSPS) is 11.8. The highest BCUT2D eigenvalue weighted by Gasteiger charge is 2.25. The molecule has 0 aromatic heterocycles. The molecule has 36 heavy (non-hydrogen) atoms. The Morgan fingerprint density at radius 3 is 1.61 bits per heavy atom. The van der Waals surface area contributed by atoms with Crippen LogP contribution in [0.25, 0.3) is 0 Å². The van der Waals surface area contributed by atoms with Crippen molar-refractivity contribution in [2.75, 3.05) is 13.6 Å². The Morgan fingerprint density at radius 1 is 0.639 bits per heavy atom. The zero-order valence-electron chi connectivity index (χ0n) is 23.6. The van der Waals surface area contributed by atoms with Crippen molar-refractivity contribution in [1.82, 2.24) is 4.90 Å². The van der Waals surface area contributed by atoms with Gasteiger partial charge in [-0.1, -0.05) is 133 Å². The Kier molecular flexibility index (Phi) is 12.1. The molecule has 0 heterocycles. The first-order valence-corrected chi connectivity index (χ1v) is 13.7. The second-order valence-electron chi connectivity index (χ2n) is 10.4. The van der Waals surface area contributed by atoms with Gasteiger partial charge in [-0.3, -0.25) is 0 Å². The van der Waals surface area contributed by atoms with Gasteiger partial charge in [-0.25, -0.2) is 0 Å². The third-order valence-corrected chi connectivity index (χ3v) is 7.18. The summed E-state index contributed by atoms with van der Waals surface area (Å²) < 4.78 is 0. The van der Waals surface area contributed by atoms with Gasteiger partial charge in [0, 0.05) is 5.41 Å². The first kappa shape index (κ1) is 30.0. The summed E-state index contributed by atoms with van der Waals surface area (Å²) in [6.45, 7) is 12.1. The van der Waals surface area contributed by atoms with Crippen LogP contribution in [0, 0.1) is 0 Å². The van der Waals surface area contributed by atoms with Crippen LogP contribution in [0.15, 0.2) is 78.9 Å². The van der Waals surface area contributed by atoms with Gasteiger partial charge in [-0.15, -0.1) is 0 Å². The fourth-order valence-electron chi connectivity index (χ4n) is 4.57. The van der Waals surface area contributed by atoms with E-state index >= 15 is 0 Å². The number of aryl methyl sites for hydroxylation is 2. The van der Waals surface area contributed by atoms with E-state index in [4.69, 9.17) is 15.7 Å². The number of rotatable bonds is 11. The molecule has 3 heteroatoms. The average Bonchev–Trinajstić information content (AvgIpc) is 2.89. The van der Waals surface area contributed by atoms with Crippen molar-refractivity contribution in [3.63, 3.8) is 0 Å². The van der Waals surface area contributed by atoms with Crippen LogP contribution in [-0.4, -0.2) is 34.2 Å². The summed E-state index contributed by atoms with van der Waals surface area (Å²) in [7, 11) is 14.8. The van der Waals surface area contributed by atoms with E-state index in [0.717, 1.165) is 44.2 Å². The number of unbranched alkanes of at least 4 members (excludes halogenated alkanes) is 1. The minimum atomic E-state index is -0.887. The summed E-state index contributed by atoms with van der Waals surface area (Å²) in [5.74, 6) is 0. The van der Waals surface area contributed by atoms with Crippen LogP contribution in [0.1, 0.15) is 88.1 Å². The molecule has 3 aromatic rings. The number of benzene rings is 3. The number of nitrogens with zero attached hydrogens (tertiary/aromatic N) is 1. The van der Waals surface area contributed by atoms with Gasteiger partial charge >= 0.3 is 0 Å². The SMILES string of the molecule is CC(C)(c1ccccc1)c1ccccc1.[B]C([B])(c1ccc(CCC)c(CCC)c1)N(C)CCCC. The third kappa shape index (κ3) is 8.13. The highest BCUT2D eigenvalue weighted by atomic mass is 15.1. The van der Waals surface area contributed by atoms with Crippen LogP contribution in [0.2, 0.25) is 0 Å². The zero-order valence-corrected chi connectivity index (χ0v) is 23.6. The highest BCUT2D eigenvalue weighted by molar-refractivity contribution is 6.39. The van der Waals surface area contributed by atoms with E-state index in [2.05, 4.69) is 118 Å². The first-order valence-electron chi connectivity index (χ1n) is 13.7. The van der Waals surface area contributed by atoms with E-state index in [0.29, 0.717) is 0 Å². The van der Waals surface area contributed by atoms with E-state index in [1.54, 1.807) is 0 Å². The van der Waals surface area contributed by atoms with Crippen molar-refractivity contribution in [3.05, 3.63) is 107 Å². The van der Waals surface area contributed by atoms with Crippen molar-refractivity contribution >= 4 is 15.7 Å².